The smallest absolute Gasteiger partial charge is 0.272 e. The maximum absolute atomic E-state index is 12.7. The molecule has 0 bridgehead atoms. The number of pyridine rings is 1. The Balaban J connectivity index is 1.49. The number of anilines is 1. The van der Waals surface area contributed by atoms with E-state index in [9.17, 15) is 4.79 Å². The number of aryl methyl sites for hydroxylation is 1. The summed E-state index contributed by atoms with van der Waals surface area (Å²) in [6, 6.07) is 14.7. The molecule has 1 atom stereocenters. The number of nitrogens with zero attached hydrogens (tertiary/aromatic N) is 2. The van der Waals surface area contributed by atoms with Gasteiger partial charge in [-0.2, -0.15) is 0 Å². The van der Waals surface area contributed by atoms with Crippen LogP contribution < -0.4 is 5.32 Å². The number of hydrogen-bond acceptors (Lipinski definition) is 3. The van der Waals surface area contributed by atoms with Gasteiger partial charge in [0.15, 0.2) is 0 Å². The Morgan fingerprint density at radius 3 is 2.77 bits per heavy atom. The Bertz CT molecular complexity index is 684. The lowest BCUT2D eigenvalue weighted by Crippen LogP contribution is -2.43. The first-order valence-electron chi connectivity index (χ1n) is 9.82. The van der Waals surface area contributed by atoms with Gasteiger partial charge in [0.05, 0.1) is 11.9 Å². The van der Waals surface area contributed by atoms with E-state index in [1.54, 1.807) is 6.20 Å². The molecule has 1 aliphatic rings. The van der Waals surface area contributed by atoms with Crippen molar-refractivity contribution in [1.29, 1.82) is 0 Å². The minimum Gasteiger partial charge on any atom is -0.384 e. The van der Waals surface area contributed by atoms with E-state index in [4.69, 9.17) is 0 Å². The molecular weight excluding hydrogens is 322 g/mol. The summed E-state index contributed by atoms with van der Waals surface area (Å²) in [5.41, 5.74) is 2.89. The van der Waals surface area contributed by atoms with Gasteiger partial charge in [-0.25, -0.2) is 4.98 Å². The fraction of sp³-hybridized carbons (Fsp3) is 0.455. The van der Waals surface area contributed by atoms with Gasteiger partial charge < -0.3 is 10.2 Å². The number of carbonyl (C=O) groups is 1. The maximum Gasteiger partial charge on any atom is 0.272 e. The molecule has 1 aromatic heterocycles. The lowest BCUT2D eigenvalue weighted by atomic mass is 9.99. The predicted octanol–water partition coefficient (Wildman–Crippen LogP) is 4.53. The molecule has 138 valence electrons. The molecule has 0 aliphatic carbocycles. The highest BCUT2D eigenvalue weighted by molar-refractivity contribution is 5.92. The van der Waals surface area contributed by atoms with E-state index in [0.29, 0.717) is 11.7 Å². The second kappa shape index (κ2) is 9.37. The monoisotopic (exact) mass is 351 g/mol. The van der Waals surface area contributed by atoms with Gasteiger partial charge >= 0.3 is 0 Å². The molecular formula is C22H29N3O. The van der Waals surface area contributed by atoms with Crippen LogP contribution in [0.5, 0.6) is 0 Å². The molecule has 4 nitrogen and oxygen atoms in total. The van der Waals surface area contributed by atoms with Crippen molar-refractivity contribution in [2.45, 2.75) is 51.5 Å². The van der Waals surface area contributed by atoms with Crippen LogP contribution in [0.25, 0.3) is 0 Å². The molecule has 2 aromatic rings. The molecule has 1 aliphatic heterocycles. The van der Waals surface area contributed by atoms with Crippen molar-refractivity contribution < 1.29 is 4.79 Å². The van der Waals surface area contributed by atoms with E-state index in [0.717, 1.165) is 50.9 Å². The Morgan fingerprint density at radius 1 is 1.19 bits per heavy atom. The number of amides is 1. The van der Waals surface area contributed by atoms with Gasteiger partial charge in [0.2, 0.25) is 0 Å². The van der Waals surface area contributed by atoms with Crippen LogP contribution in [0.1, 0.15) is 55.1 Å². The molecule has 1 unspecified atom stereocenters. The average molecular weight is 351 g/mol. The molecule has 1 fully saturated rings. The molecule has 2 heterocycles. The van der Waals surface area contributed by atoms with Crippen LogP contribution >= 0.6 is 0 Å². The Labute approximate surface area is 156 Å². The molecule has 0 spiro atoms. The fourth-order valence-corrected chi connectivity index (χ4v) is 3.63. The van der Waals surface area contributed by atoms with Crippen LogP contribution in [0, 0.1) is 0 Å². The second-order valence-electron chi connectivity index (χ2n) is 7.00. The van der Waals surface area contributed by atoms with Crippen LogP contribution in [0.4, 0.5) is 5.69 Å². The van der Waals surface area contributed by atoms with E-state index in [1.807, 2.05) is 23.1 Å². The van der Waals surface area contributed by atoms with E-state index in [1.165, 1.54) is 12.0 Å². The minimum atomic E-state index is 0.0761. The Kier molecular flexibility index (Phi) is 6.64. The lowest BCUT2D eigenvalue weighted by molar-refractivity contribution is 0.0602. The van der Waals surface area contributed by atoms with Crippen LogP contribution in [0.3, 0.4) is 0 Å². The summed E-state index contributed by atoms with van der Waals surface area (Å²) in [7, 11) is 0. The van der Waals surface area contributed by atoms with E-state index in [-0.39, 0.29) is 5.91 Å². The zero-order valence-corrected chi connectivity index (χ0v) is 15.7. The summed E-state index contributed by atoms with van der Waals surface area (Å²) in [5, 5.41) is 3.39. The second-order valence-corrected chi connectivity index (χ2v) is 7.00. The van der Waals surface area contributed by atoms with Gasteiger partial charge in [0, 0.05) is 19.1 Å². The fourth-order valence-electron chi connectivity index (χ4n) is 3.63. The third-order valence-corrected chi connectivity index (χ3v) is 5.16. The van der Waals surface area contributed by atoms with Gasteiger partial charge in [0.1, 0.15) is 5.69 Å². The van der Waals surface area contributed by atoms with Crippen molar-refractivity contribution in [2.24, 2.45) is 0 Å². The van der Waals surface area contributed by atoms with Crippen molar-refractivity contribution in [2.75, 3.05) is 18.4 Å². The number of hydrogen-bond donors (Lipinski definition) is 1. The number of nitrogens with one attached hydrogen (secondary N) is 1. The molecule has 4 heteroatoms. The number of benzene rings is 1. The summed E-state index contributed by atoms with van der Waals surface area (Å²) in [6.45, 7) is 3.92. The first-order chi connectivity index (χ1) is 12.8. The predicted molar refractivity (Wildman–Crippen MR) is 106 cm³/mol. The van der Waals surface area contributed by atoms with E-state index in [2.05, 4.69) is 41.5 Å². The molecule has 3 rings (SSSR count). The molecule has 0 radical (unpaired) electrons. The number of carbonyl (C=O) groups excluding carboxylic acids is 1. The standard InChI is InChI=1S/C22H29N3O/c1-2-20-12-6-7-16-25(20)22(26)21-14-13-19(17-24-21)23-15-8-11-18-9-4-3-5-10-18/h3-5,9-10,13-14,17,20,23H,2,6-8,11-12,15-16H2,1H3. The minimum absolute atomic E-state index is 0.0761. The highest BCUT2D eigenvalue weighted by Gasteiger charge is 2.26. The lowest BCUT2D eigenvalue weighted by Gasteiger charge is -2.35. The van der Waals surface area contributed by atoms with Crippen molar-refractivity contribution in [3.05, 3.63) is 59.9 Å². The SMILES string of the molecule is CCC1CCCCN1C(=O)c1ccc(NCCCc2ccccc2)cn1. The molecule has 0 saturated carbocycles. The topological polar surface area (TPSA) is 45.2 Å². The Hall–Kier alpha value is -2.36. The maximum atomic E-state index is 12.7. The van der Waals surface area contributed by atoms with Crippen molar-refractivity contribution in [1.82, 2.24) is 9.88 Å². The number of likely N-dealkylation sites (tertiary alicyclic amines) is 1. The quantitative estimate of drug-likeness (QED) is 0.745. The van der Waals surface area contributed by atoms with Gasteiger partial charge in [-0.3, -0.25) is 4.79 Å². The normalized spacial score (nSPS) is 17.1. The highest BCUT2D eigenvalue weighted by atomic mass is 16.2. The number of aromatic nitrogens is 1. The summed E-state index contributed by atoms with van der Waals surface area (Å²) >= 11 is 0. The van der Waals surface area contributed by atoms with Crippen molar-refractivity contribution in [3.8, 4) is 0 Å². The van der Waals surface area contributed by atoms with Gasteiger partial charge in [-0.15, -0.1) is 0 Å². The first kappa shape index (κ1) is 18.4. The zero-order valence-electron chi connectivity index (χ0n) is 15.7. The van der Waals surface area contributed by atoms with Crippen LogP contribution in [-0.2, 0) is 6.42 Å². The first-order valence-corrected chi connectivity index (χ1v) is 9.82. The molecule has 1 aromatic carbocycles. The van der Waals surface area contributed by atoms with Crippen LogP contribution in [0.2, 0.25) is 0 Å². The largest absolute Gasteiger partial charge is 0.384 e. The van der Waals surface area contributed by atoms with E-state index < -0.39 is 0 Å². The number of piperidine rings is 1. The van der Waals surface area contributed by atoms with Gasteiger partial charge in [-0.05, 0) is 56.2 Å². The molecule has 1 saturated heterocycles. The van der Waals surface area contributed by atoms with Crippen LogP contribution in [-0.4, -0.2) is 34.9 Å². The van der Waals surface area contributed by atoms with Gasteiger partial charge in [0.25, 0.3) is 5.91 Å². The van der Waals surface area contributed by atoms with Crippen molar-refractivity contribution >= 4 is 11.6 Å². The molecule has 1 N–H and O–H groups in total. The summed E-state index contributed by atoms with van der Waals surface area (Å²) in [6.07, 6.45) is 8.36. The Morgan fingerprint density at radius 2 is 2.04 bits per heavy atom. The molecule has 1 amide bonds. The summed E-state index contributed by atoms with van der Waals surface area (Å²) < 4.78 is 0. The van der Waals surface area contributed by atoms with Crippen LogP contribution in [0.15, 0.2) is 48.7 Å². The molecule has 26 heavy (non-hydrogen) atoms. The van der Waals surface area contributed by atoms with Gasteiger partial charge in [-0.1, -0.05) is 37.3 Å². The third kappa shape index (κ3) is 4.84. The average Bonchev–Trinajstić information content (AvgIpc) is 2.72. The number of rotatable bonds is 7. The van der Waals surface area contributed by atoms with E-state index >= 15 is 0 Å². The third-order valence-electron chi connectivity index (χ3n) is 5.16. The zero-order chi connectivity index (χ0) is 18.2. The summed E-state index contributed by atoms with van der Waals surface area (Å²) in [5.74, 6) is 0.0761. The van der Waals surface area contributed by atoms with Crippen molar-refractivity contribution in [3.63, 3.8) is 0 Å². The summed E-state index contributed by atoms with van der Waals surface area (Å²) in [4.78, 5) is 19.2. The highest BCUT2D eigenvalue weighted by Crippen LogP contribution is 2.21.